The maximum absolute atomic E-state index is 12.9. The molecule has 41 heavy (non-hydrogen) atoms. The molecular weight excluding hydrogens is 549 g/mol. The monoisotopic (exact) mass is 592 g/mol. The molecule has 0 aliphatic rings. The molecule has 8 nitrogen and oxygen atoms in total. The number of rotatable bonds is 12. The third-order valence-corrected chi connectivity index (χ3v) is 14.1. The lowest BCUT2D eigenvalue weighted by Crippen LogP contribution is -2.41. The molecule has 0 bridgehead atoms. The Balaban J connectivity index is 1.53. The minimum absolute atomic E-state index is 0.137. The van der Waals surface area contributed by atoms with Gasteiger partial charge in [-0.25, -0.2) is 14.6 Å². The molecule has 1 N–H and O–H groups in total. The molecule has 3 aromatic heterocycles. The van der Waals surface area contributed by atoms with Gasteiger partial charge < -0.3 is 8.98 Å². The van der Waals surface area contributed by atoms with Gasteiger partial charge in [-0.15, -0.1) is 4.72 Å². The lowest BCUT2D eigenvalue weighted by Gasteiger charge is -2.36. The summed E-state index contributed by atoms with van der Waals surface area (Å²) in [5.74, 6) is 0.741. The molecule has 0 aliphatic carbocycles. The zero-order valence-corrected chi connectivity index (χ0v) is 27.5. The fourth-order valence-electron chi connectivity index (χ4n) is 4.16. The second kappa shape index (κ2) is 12.7. The van der Waals surface area contributed by atoms with Gasteiger partial charge in [-0.3, -0.25) is 4.98 Å². The first-order chi connectivity index (χ1) is 19.3. The number of unbranched alkanes of at least 4 members (excludes halogenated alkanes) is 1. The molecule has 0 aliphatic heterocycles. The molecule has 4 rings (SSSR count). The van der Waals surface area contributed by atoms with Crippen molar-refractivity contribution in [2.75, 3.05) is 0 Å². The molecule has 0 fully saturated rings. The molecule has 1 unspecified atom stereocenters. The molecule has 0 spiro atoms. The van der Waals surface area contributed by atoms with Gasteiger partial charge in [0.25, 0.3) is 0 Å². The lowest BCUT2D eigenvalue weighted by molar-refractivity contribution is 0.272. The Labute approximate surface area is 248 Å². The topological polar surface area (TPSA) is 101 Å². The maximum atomic E-state index is 12.9. The van der Waals surface area contributed by atoms with Crippen molar-refractivity contribution in [2.45, 2.75) is 96.8 Å². The van der Waals surface area contributed by atoms with Crippen molar-refractivity contribution in [1.29, 1.82) is 0 Å². The summed E-state index contributed by atoms with van der Waals surface area (Å²) < 4.78 is 24.0. The van der Waals surface area contributed by atoms with Crippen LogP contribution in [-0.2, 0) is 28.9 Å². The predicted molar refractivity (Wildman–Crippen MR) is 170 cm³/mol. The Hall–Kier alpha value is -2.63. The Bertz CT molecular complexity index is 1470. The molecule has 4 aromatic rings. The predicted octanol–water partition coefficient (Wildman–Crippen LogP) is 7.12. The van der Waals surface area contributed by atoms with E-state index in [1.165, 1.54) is 0 Å². The Kier molecular flexibility index (Phi) is 9.70. The van der Waals surface area contributed by atoms with Crippen LogP contribution in [0.3, 0.4) is 0 Å². The van der Waals surface area contributed by atoms with Gasteiger partial charge >= 0.3 is 0 Å². The van der Waals surface area contributed by atoms with Crippen molar-refractivity contribution in [3.63, 3.8) is 0 Å². The van der Waals surface area contributed by atoms with E-state index in [2.05, 4.69) is 61.7 Å². The van der Waals surface area contributed by atoms with Gasteiger partial charge in [0.05, 0.1) is 48.1 Å². The molecule has 3 heterocycles. The van der Waals surface area contributed by atoms with Gasteiger partial charge in [0, 0.05) is 28.5 Å². The van der Waals surface area contributed by atoms with Gasteiger partial charge in [0.15, 0.2) is 14.1 Å². The number of nitrogens with one attached hydrogen (secondary N) is 1. The van der Waals surface area contributed by atoms with Gasteiger partial charge in [-0.1, -0.05) is 52.3 Å². The Morgan fingerprint density at radius 1 is 1.00 bits per heavy atom. The molecule has 1 aromatic carbocycles. The van der Waals surface area contributed by atoms with Crippen LogP contribution in [0, 0.1) is 0 Å². The highest BCUT2D eigenvalue weighted by molar-refractivity contribution is 7.90. The molecule has 10 heteroatoms. The van der Waals surface area contributed by atoms with E-state index in [9.17, 15) is 4.55 Å². The summed E-state index contributed by atoms with van der Waals surface area (Å²) in [5.41, 5.74) is 4.23. The third kappa shape index (κ3) is 7.61. The molecule has 0 saturated carbocycles. The fraction of sp³-hybridized carbons (Fsp3) is 0.484. The Morgan fingerprint density at radius 3 is 2.51 bits per heavy atom. The van der Waals surface area contributed by atoms with Crippen LogP contribution in [0.5, 0.6) is 0 Å². The van der Waals surface area contributed by atoms with E-state index in [0.29, 0.717) is 13.2 Å². The number of nitrogens with zero attached hydrogens (tertiary/aromatic N) is 5. The first-order valence-corrected chi connectivity index (χ1v) is 18.4. The number of hydrogen-bond acceptors (Lipinski definition) is 7. The zero-order valence-electron chi connectivity index (χ0n) is 25.7. The summed E-state index contributed by atoms with van der Waals surface area (Å²) in [6.07, 6.45) is 8.37. The van der Waals surface area contributed by atoms with E-state index >= 15 is 0 Å². The highest BCUT2D eigenvalue weighted by atomic mass is 32.2. The van der Waals surface area contributed by atoms with Crippen molar-refractivity contribution in [1.82, 2.24) is 29.5 Å². The molecule has 0 radical (unpaired) electrons. The van der Waals surface area contributed by atoms with Crippen LogP contribution in [0.2, 0.25) is 18.1 Å². The van der Waals surface area contributed by atoms with Crippen molar-refractivity contribution in [3.05, 3.63) is 66.4 Å². The molecule has 220 valence electrons. The van der Waals surface area contributed by atoms with Crippen LogP contribution in [0.1, 0.15) is 72.2 Å². The lowest BCUT2D eigenvalue weighted by atomic mass is 10.1. The van der Waals surface area contributed by atoms with Crippen molar-refractivity contribution >= 4 is 30.6 Å². The third-order valence-electron chi connectivity index (χ3n) is 7.97. The summed E-state index contributed by atoms with van der Waals surface area (Å²) in [5, 5.41) is 5.79. The van der Waals surface area contributed by atoms with Gasteiger partial charge in [-0.05, 0) is 63.0 Å². The van der Waals surface area contributed by atoms with E-state index in [0.717, 1.165) is 58.6 Å². The number of hydrogen-bond donors (Lipinski definition) is 1. The van der Waals surface area contributed by atoms with Crippen LogP contribution in [0.25, 0.3) is 28.0 Å². The number of fused-ring (bicyclic) bond motifs is 1. The normalized spacial score (nSPS) is 13.6. The van der Waals surface area contributed by atoms with Crippen LogP contribution < -0.4 is 4.72 Å². The van der Waals surface area contributed by atoms with Gasteiger partial charge in [-0.2, -0.15) is 5.10 Å². The van der Waals surface area contributed by atoms with E-state index in [1.54, 1.807) is 12.4 Å². The van der Waals surface area contributed by atoms with Crippen LogP contribution in [0.4, 0.5) is 0 Å². The van der Waals surface area contributed by atoms with E-state index < -0.39 is 19.7 Å². The zero-order chi connectivity index (χ0) is 29.8. The summed E-state index contributed by atoms with van der Waals surface area (Å²) >= 11 is -1.18. The largest absolute Gasteiger partial charge is 0.598 e. The van der Waals surface area contributed by atoms with Crippen molar-refractivity contribution in [3.8, 4) is 17.1 Å². The number of aromatic nitrogens is 5. The van der Waals surface area contributed by atoms with E-state index in [-0.39, 0.29) is 9.79 Å². The molecule has 0 amide bonds. The number of pyridine rings is 1. The summed E-state index contributed by atoms with van der Waals surface area (Å²) in [6, 6.07) is 12.1. The van der Waals surface area contributed by atoms with Crippen LogP contribution in [0.15, 0.2) is 55.0 Å². The fourth-order valence-corrected chi connectivity index (χ4v) is 6.10. The first-order valence-electron chi connectivity index (χ1n) is 14.4. The van der Waals surface area contributed by atoms with Crippen LogP contribution >= 0.6 is 0 Å². The quantitative estimate of drug-likeness (QED) is 0.138. The van der Waals surface area contributed by atoms with E-state index in [1.807, 2.05) is 55.1 Å². The Morgan fingerprint density at radius 2 is 1.78 bits per heavy atom. The standard InChI is InChI=1S/C31H44N6O2SSi/c1-9-10-16-31(5,6)40(38)34-20-26-19-32-21-27(35-26)23-14-15-24-18-33-37(28(24)17-23)29-13-11-12-25(36-29)22-39-41(7,8)30(2,3)4/h11-15,17-19,21,34H,9-10,16,20,22H2,1-8H3. The average molecular weight is 593 g/mol. The smallest absolute Gasteiger partial charge is 0.192 e. The highest BCUT2D eigenvalue weighted by Gasteiger charge is 2.37. The van der Waals surface area contributed by atoms with Crippen molar-refractivity contribution in [2.24, 2.45) is 0 Å². The molecule has 0 saturated heterocycles. The van der Waals surface area contributed by atoms with Crippen molar-refractivity contribution < 1.29 is 8.98 Å². The second-order valence-electron chi connectivity index (χ2n) is 12.7. The minimum atomic E-state index is -1.89. The van der Waals surface area contributed by atoms with Gasteiger partial charge in [0.2, 0.25) is 0 Å². The molecular formula is C31H44N6O2SSi. The summed E-state index contributed by atoms with van der Waals surface area (Å²) in [6.45, 7) is 18.3. The van der Waals surface area contributed by atoms with E-state index in [4.69, 9.17) is 14.4 Å². The average Bonchev–Trinajstić information content (AvgIpc) is 3.37. The molecule has 1 atom stereocenters. The SMILES string of the molecule is CCCCC(C)(C)[S+]([O-])NCc1cncc(-c2ccc3cnn(-c4cccc(CO[Si](C)(C)C(C)(C)C)n4)c3c2)n1. The first kappa shape index (κ1) is 31.3. The summed E-state index contributed by atoms with van der Waals surface area (Å²) in [4.78, 5) is 14.1. The summed E-state index contributed by atoms with van der Waals surface area (Å²) in [7, 11) is -1.89. The van der Waals surface area contributed by atoms with Crippen LogP contribution in [-0.4, -0.2) is 42.3 Å². The maximum Gasteiger partial charge on any atom is 0.192 e. The number of benzene rings is 1. The highest BCUT2D eigenvalue weighted by Crippen LogP contribution is 2.37. The second-order valence-corrected chi connectivity index (χ2v) is 19.5. The van der Waals surface area contributed by atoms with Gasteiger partial charge in [0.1, 0.15) is 4.75 Å². The minimum Gasteiger partial charge on any atom is -0.598 e.